The molecule has 41 heavy (non-hydrogen) atoms. The molecule has 0 saturated carbocycles. The van der Waals surface area contributed by atoms with Crippen molar-refractivity contribution >= 4 is 28.0 Å². The molecule has 2 N–H and O–H groups in total. The molecule has 3 heteroatoms. The normalized spacial score (nSPS) is 14.8. The lowest BCUT2D eigenvalue weighted by Crippen LogP contribution is -2.19. The van der Waals surface area contributed by atoms with Gasteiger partial charge < -0.3 is 10.6 Å². The maximum Gasteiger partial charge on any atom is 0.0944 e. The van der Waals surface area contributed by atoms with E-state index in [1.807, 2.05) is 0 Å². The molecule has 0 amide bonds. The molecule has 0 saturated heterocycles. The van der Waals surface area contributed by atoms with Crippen molar-refractivity contribution in [3.8, 4) is 11.3 Å². The number of hydrogen-bond donors (Lipinski definition) is 2. The highest BCUT2D eigenvalue weighted by molar-refractivity contribution is 5.94. The first-order chi connectivity index (χ1) is 20.0. The minimum Gasteiger partial charge on any atom is -0.384 e. The van der Waals surface area contributed by atoms with Crippen molar-refractivity contribution in [2.75, 3.05) is 17.2 Å². The minimum absolute atomic E-state index is 0.423. The summed E-state index contributed by atoms with van der Waals surface area (Å²) in [5.74, 6) is 1.30. The third kappa shape index (κ3) is 5.59. The van der Waals surface area contributed by atoms with Gasteiger partial charge in [0, 0.05) is 34.8 Å². The molecule has 1 aliphatic rings. The number of nitrogens with one attached hydrogen (secondary N) is 2. The lowest BCUT2D eigenvalue weighted by atomic mass is 9.79. The highest BCUT2D eigenvalue weighted by Gasteiger charge is 2.24. The number of para-hydroxylation sites is 3. The summed E-state index contributed by atoms with van der Waals surface area (Å²) in [6.45, 7) is 10.0. The molecule has 1 unspecified atom stereocenters. The van der Waals surface area contributed by atoms with Crippen LogP contribution in [-0.2, 0) is 6.42 Å². The van der Waals surface area contributed by atoms with Crippen LogP contribution in [0.1, 0.15) is 80.5 Å². The molecular formula is C38H41N3. The van der Waals surface area contributed by atoms with E-state index in [-0.39, 0.29) is 0 Å². The molecule has 3 nitrogen and oxygen atoms in total. The van der Waals surface area contributed by atoms with Crippen LogP contribution in [0.4, 0.5) is 17.1 Å². The molecule has 208 valence electrons. The number of aromatic nitrogens is 1. The summed E-state index contributed by atoms with van der Waals surface area (Å²) in [7, 11) is 0. The van der Waals surface area contributed by atoms with Crippen molar-refractivity contribution in [1.29, 1.82) is 0 Å². The molecule has 4 aromatic carbocycles. The van der Waals surface area contributed by atoms with Crippen LogP contribution in [0.3, 0.4) is 0 Å². The number of fused-ring (bicyclic) bond motifs is 2. The summed E-state index contributed by atoms with van der Waals surface area (Å²) < 4.78 is 0. The van der Waals surface area contributed by atoms with Crippen molar-refractivity contribution in [1.82, 2.24) is 4.98 Å². The van der Waals surface area contributed by atoms with E-state index in [4.69, 9.17) is 4.98 Å². The second kappa shape index (κ2) is 11.8. The molecule has 1 aliphatic carbocycles. The number of anilines is 3. The Morgan fingerprint density at radius 3 is 2.24 bits per heavy atom. The Labute approximate surface area is 245 Å². The van der Waals surface area contributed by atoms with Gasteiger partial charge in [0.05, 0.1) is 16.9 Å². The highest BCUT2D eigenvalue weighted by Crippen LogP contribution is 2.40. The molecule has 0 radical (unpaired) electrons. The standard InChI is InChI=1S/C38H41N3/c1-25(2)31-18-11-19-32(26(3)4)38(31)41-35-21-10-14-28-22-23-34(40-37(28)35)33-20-9-13-27-12-8-15-29(36(27)33)24-39-30-16-6-5-7-17-30/h5-7,9-11,13-14,16-23,25-26,29,39,41H,8,12,15,24H2,1-4H3. The summed E-state index contributed by atoms with van der Waals surface area (Å²) in [4.78, 5) is 5.37. The first kappa shape index (κ1) is 27.1. The number of pyridine rings is 1. The van der Waals surface area contributed by atoms with Crippen LogP contribution in [0.25, 0.3) is 22.2 Å². The van der Waals surface area contributed by atoms with Crippen LogP contribution in [0.2, 0.25) is 0 Å². The summed E-state index contributed by atoms with van der Waals surface area (Å²) >= 11 is 0. The lowest BCUT2D eigenvalue weighted by molar-refractivity contribution is 0.573. The lowest BCUT2D eigenvalue weighted by Gasteiger charge is -2.28. The third-order valence-electron chi connectivity index (χ3n) is 8.56. The van der Waals surface area contributed by atoms with Crippen LogP contribution in [-0.4, -0.2) is 11.5 Å². The monoisotopic (exact) mass is 539 g/mol. The predicted molar refractivity (Wildman–Crippen MR) is 176 cm³/mol. The van der Waals surface area contributed by atoms with Crippen molar-refractivity contribution in [3.63, 3.8) is 0 Å². The average Bonchev–Trinajstić information content (AvgIpc) is 3.00. The maximum absolute atomic E-state index is 5.37. The zero-order chi connectivity index (χ0) is 28.3. The molecular weight excluding hydrogens is 498 g/mol. The summed E-state index contributed by atoms with van der Waals surface area (Å²) in [6, 6.07) is 35.0. The molecule has 0 aliphatic heterocycles. The molecule has 1 atom stereocenters. The van der Waals surface area contributed by atoms with Crippen molar-refractivity contribution < 1.29 is 0 Å². The van der Waals surface area contributed by atoms with Gasteiger partial charge in [0.25, 0.3) is 0 Å². The number of rotatable bonds is 8. The zero-order valence-corrected chi connectivity index (χ0v) is 24.7. The topological polar surface area (TPSA) is 37.0 Å². The third-order valence-corrected chi connectivity index (χ3v) is 8.56. The van der Waals surface area contributed by atoms with Gasteiger partial charge in [-0.05, 0) is 77.6 Å². The fourth-order valence-corrected chi connectivity index (χ4v) is 6.45. The van der Waals surface area contributed by atoms with Gasteiger partial charge in [-0.3, -0.25) is 0 Å². The van der Waals surface area contributed by atoms with E-state index >= 15 is 0 Å². The zero-order valence-electron chi connectivity index (χ0n) is 24.7. The van der Waals surface area contributed by atoms with Crippen LogP contribution in [0.5, 0.6) is 0 Å². The van der Waals surface area contributed by atoms with Crippen LogP contribution >= 0.6 is 0 Å². The van der Waals surface area contributed by atoms with E-state index in [0.717, 1.165) is 35.2 Å². The molecule has 0 fully saturated rings. The van der Waals surface area contributed by atoms with Crippen LogP contribution in [0, 0.1) is 0 Å². The van der Waals surface area contributed by atoms with Gasteiger partial charge in [0.15, 0.2) is 0 Å². The van der Waals surface area contributed by atoms with Gasteiger partial charge >= 0.3 is 0 Å². The number of nitrogens with zero attached hydrogens (tertiary/aromatic N) is 1. The quantitative estimate of drug-likeness (QED) is 0.206. The number of aryl methyl sites for hydroxylation is 1. The Kier molecular flexibility index (Phi) is 7.78. The first-order valence-corrected chi connectivity index (χ1v) is 15.2. The van der Waals surface area contributed by atoms with E-state index in [2.05, 4.69) is 135 Å². The molecule has 0 spiro atoms. The second-order valence-electron chi connectivity index (χ2n) is 12.0. The van der Waals surface area contributed by atoms with E-state index < -0.39 is 0 Å². The van der Waals surface area contributed by atoms with Gasteiger partial charge in [-0.25, -0.2) is 4.98 Å². The van der Waals surface area contributed by atoms with Crippen molar-refractivity contribution in [3.05, 3.63) is 119 Å². The van der Waals surface area contributed by atoms with E-state index in [0.29, 0.717) is 17.8 Å². The van der Waals surface area contributed by atoms with Gasteiger partial charge in [-0.2, -0.15) is 0 Å². The highest BCUT2D eigenvalue weighted by atomic mass is 14.9. The van der Waals surface area contributed by atoms with Gasteiger partial charge in [-0.1, -0.05) is 100 Å². The van der Waals surface area contributed by atoms with E-state index in [1.54, 1.807) is 0 Å². The van der Waals surface area contributed by atoms with Gasteiger partial charge in [-0.15, -0.1) is 0 Å². The Morgan fingerprint density at radius 1 is 0.756 bits per heavy atom. The smallest absolute Gasteiger partial charge is 0.0944 e. The molecule has 1 heterocycles. The number of benzene rings is 4. The van der Waals surface area contributed by atoms with Crippen molar-refractivity contribution in [2.45, 2.75) is 64.7 Å². The van der Waals surface area contributed by atoms with Crippen LogP contribution in [0.15, 0.2) is 97.1 Å². The van der Waals surface area contributed by atoms with E-state index in [1.165, 1.54) is 52.0 Å². The predicted octanol–water partition coefficient (Wildman–Crippen LogP) is 10.4. The minimum atomic E-state index is 0.423. The second-order valence-corrected chi connectivity index (χ2v) is 12.0. The van der Waals surface area contributed by atoms with Gasteiger partial charge in [0.2, 0.25) is 0 Å². The number of hydrogen-bond acceptors (Lipinski definition) is 3. The Hall–Kier alpha value is -4.11. The van der Waals surface area contributed by atoms with Crippen LogP contribution < -0.4 is 10.6 Å². The molecule has 6 rings (SSSR count). The average molecular weight is 540 g/mol. The fourth-order valence-electron chi connectivity index (χ4n) is 6.45. The first-order valence-electron chi connectivity index (χ1n) is 15.2. The summed E-state index contributed by atoms with van der Waals surface area (Å²) in [5, 5.41) is 8.71. The largest absolute Gasteiger partial charge is 0.384 e. The summed E-state index contributed by atoms with van der Waals surface area (Å²) in [5.41, 5.74) is 12.4. The SMILES string of the molecule is CC(C)c1cccc(C(C)C)c1Nc1cccc2ccc(-c3cccc4c3C(CNc3ccccc3)CCC4)nc12. The molecule has 1 aromatic heterocycles. The molecule has 0 bridgehead atoms. The Bertz CT molecular complexity index is 1630. The van der Waals surface area contributed by atoms with Gasteiger partial charge in [0.1, 0.15) is 0 Å². The summed E-state index contributed by atoms with van der Waals surface area (Å²) in [6.07, 6.45) is 3.55. The fraction of sp³-hybridized carbons (Fsp3) is 0.289. The Balaban J connectivity index is 1.41. The van der Waals surface area contributed by atoms with E-state index in [9.17, 15) is 0 Å². The Morgan fingerprint density at radius 2 is 1.49 bits per heavy atom. The van der Waals surface area contributed by atoms with Crippen molar-refractivity contribution in [2.24, 2.45) is 0 Å². The maximum atomic E-state index is 5.37. The molecule has 5 aromatic rings.